The lowest BCUT2D eigenvalue weighted by Crippen LogP contribution is -2.30. The van der Waals surface area contributed by atoms with Crippen LogP contribution in [0.15, 0.2) is 101 Å². The first kappa shape index (κ1) is 23.6. The molecule has 0 radical (unpaired) electrons. The van der Waals surface area contributed by atoms with Crippen molar-refractivity contribution in [3.63, 3.8) is 0 Å². The SMILES string of the molecule is Cc1ccc(C(=O)C2=C(O)C(=O)N(c3nc4ccc(F)cc4s3)C2c2ccc(Oc3ccccc3)cc2)o1. The lowest BCUT2D eigenvalue weighted by molar-refractivity contribution is -0.117. The number of Topliss-reactive ketones (excluding diaryl/α,β-unsaturated/α-hetero) is 1. The molecule has 0 saturated carbocycles. The van der Waals surface area contributed by atoms with Crippen molar-refractivity contribution < 1.29 is 28.2 Å². The summed E-state index contributed by atoms with van der Waals surface area (Å²) in [6, 6.07) is 22.4. The van der Waals surface area contributed by atoms with Gasteiger partial charge in [0.25, 0.3) is 5.91 Å². The van der Waals surface area contributed by atoms with Gasteiger partial charge in [0, 0.05) is 0 Å². The van der Waals surface area contributed by atoms with Gasteiger partial charge in [-0.1, -0.05) is 41.7 Å². The zero-order valence-electron chi connectivity index (χ0n) is 19.9. The van der Waals surface area contributed by atoms with Crippen molar-refractivity contribution in [2.75, 3.05) is 4.90 Å². The van der Waals surface area contributed by atoms with E-state index >= 15 is 0 Å². The van der Waals surface area contributed by atoms with Crippen LogP contribution >= 0.6 is 11.3 Å². The molecule has 3 heterocycles. The highest BCUT2D eigenvalue weighted by molar-refractivity contribution is 7.22. The normalized spacial score (nSPS) is 15.5. The van der Waals surface area contributed by atoms with Crippen LogP contribution in [-0.2, 0) is 4.79 Å². The van der Waals surface area contributed by atoms with Crippen molar-refractivity contribution in [1.82, 2.24) is 4.98 Å². The van der Waals surface area contributed by atoms with E-state index < -0.39 is 29.3 Å². The summed E-state index contributed by atoms with van der Waals surface area (Å²) in [5, 5.41) is 11.2. The molecule has 1 aliphatic heterocycles. The minimum absolute atomic E-state index is 0.000831. The minimum Gasteiger partial charge on any atom is -0.503 e. The highest BCUT2D eigenvalue weighted by Gasteiger charge is 2.46. The number of furan rings is 1. The predicted octanol–water partition coefficient (Wildman–Crippen LogP) is 6.91. The fourth-order valence-electron chi connectivity index (χ4n) is 4.37. The van der Waals surface area contributed by atoms with Crippen molar-refractivity contribution >= 4 is 38.4 Å². The Labute approximate surface area is 220 Å². The molecular formula is C29H19FN2O5S. The number of para-hydroxylation sites is 1. The highest BCUT2D eigenvalue weighted by atomic mass is 32.1. The Morgan fingerprint density at radius 1 is 1.03 bits per heavy atom. The molecule has 0 saturated heterocycles. The van der Waals surface area contributed by atoms with Gasteiger partial charge in [-0.25, -0.2) is 9.37 Å². The van der Waals surface area contributed by atoms with Crippen molar-refractivity contribution in [3.05, 3.63) is 119 Å². The van der Waals surface area contributed by atoms with Gasteiger partial charge in [0.1, 0.15) is 23.1 Å². The largest absolute Gasteiger partial charge is 0.503 e. The maximum Gasteiger partial charge on any atom is 0.296 e. The second-order valence-corrected chi connectivity index (χ2v) is 9.68. The third-order valence-corrected chi connectivity index (χ3v) is 7.15. The molecule has 0 spiro atoms. The van der Waals surface area contributed by atoms with Gasteiger partial charge in [-0.05, 0) is 67.1 Å². The number of halogens is 1. The first-order valence-electron chi connectivity index (χ1n) is 11.7. The third-order valence-electron chi connectivity index (χ3n) is 6.14. The molecule has 38 heavy (non-hydrogen) atoms. The van der Waals surface area contributed by atoms with Crippen LogP contribution in [0.1, 0.15) is 27.9 Å². The van der Waals surface area contributed by atoms with Crippen LogP contribution in [0.2, 0.25) is 0 Å². The Kier molecular flexibility index (Phi) is 5.77. The van der Waals surface area contributed by atoms with Crippen LogP contribution in [0.25, 0.3) is 10.2 Å². The lowest BCUT2D eigenvalue weighted by Gasteiger charge is -2.24. The lowest BCUT2D eigenvalue weighted by atomic mass is 9.95. The highest BCUT2D eigenvalue weighted by Crippen LogP contribution is 2.44. The number of rotatable bonds is 6. The topological polar surface area (TPSA) is 92.9 Å². The van der Waals surface area contributed by atoms with Gasteiger partial charge in [0.15, 0.2) is 16.7 Å². The average molecular weight is 527 g/mol. The van der Waals surface area contributed by atoms with Gasteiger partial charge < -0.3 is 14.3 Å². The second-order valence-electron chi connectivity index (χ2n) is 8.67. The number of aromatic nitrogens is 1. The molecule has 5 aromatic rings. The van der Waals surface area contributed by atoms with Gasteiger partial charge >= 0.3 is 0 Å². The number of benzene rings is 3. The summed E-state index contributed by atoms with van der Waals surface area (Å²) < 4.78 is 25.8. The van der Waals surface area contributed by atoms with E-state index in [0.29, 0.717) is 33.0 Å². The molecule has 3 aromatic carbocycles. The number of carbonyl (C=O) groups excluding carboxylic acids is 2. The van der Waals surface area contributed by atoms with E-state index in [1.165, 1.54) is 29.2 Å². The fraction of sp³-hybridized carbons (Fsp3) is 0.0690. The van der Waals surface area contributed by atoms with Crippen molar-refractivity contribution in [2.45, 2.75) is 13.0 Å². The monoisotopic (exact) mass is 526 g/mol. The number of nitrogens with zero attached hydrogens (tertiary/aromatic N) is 2. The molecule has 6 rings (SSSR count). The Balaban J connectivity index is 1.44. The number of ketones is 1. The number of aliphatic hydroxyl groups is 1. The van der Waals surface area contributed by atoms with Crippen LogP contribution in [0, 0.1) is 12.7 Å². The van der Waals surface area contributed by atoms with Gasteiger partial charge in [-0.15, -0.1) is 0 Å². The number of thiazole rings is 1. The Hall–Kier alpha value is -4.76. The quantitative estimate of drug-likeness (QED) is 0.242. The number of amides is 1. The number of anilines is 1. The number of aliphatic hydroxyl groups excluding tert-OH is 1. The standard InChI is InChI=1S/C29H19FN2O5S/c1-16-7-14-22(36-16)26(33)24-25(17-8-11-20(12-9-17)37-19-5-3-2-4-6-19)32(28(35)27(24)34)29-31-21-13-10-18(30)15-23(21)38-29/h2-15,25,34H,1H3. The number of fused-ring (bicyclic) bond motifs is 1. The maximum absolute atomic E-state index is 13.8. The predicted molar refractivity (Wildman–Crippen MR) is 140 cm³/mol. The summed E-state index contributed by atoms with van der Waals surface area (Å²) in [7, 11) is 0. The molecular weight excluding hydrogens is 507 g/mol. The van der Waals surface area contributed by atoms with Gasteiger partial charge in [0.2, 0.25) is 5.78 Å². The van der Waals surface area contributed by atoms with Crippen LogP contribution in [0.4, 0.5) is 9.52 Å². The first-order valence-corrected chi connectivity index (χ1v) is 12.5. The molecule has 2 aromatic heterocycles. The zero-order chi connectivity index (χ0) is 26.4. The first-order chi connectivity index (χ1) is 18.4. The van der Waals surface area contributed by atoms with E-state index in [0.717, 1.165) is 11.3 Å². The molecule has 1 unspecified atom stereocenters. The van der Waals surface area contributed by atoms with Crippen molar-refractivity contribution in [1.29, 1.82) is 0 Å². The summed E-state index contributed by atoms with van der Waals surface area (Å²) in [4.78, 5) is 32.7. The number of carbonyl (C=O) groups is 2. The minimum atomic E-state index is -1.00. The smallest absolute Gasteiger partial charge is 0.296 e. The summed E-state index contributed by atoms with van der Waals surface area (Å²) in [5.74, 6) is -0.810. The molecule has 7 nitrogen and oxygen atoms in total. The summed E-state index contributed by atoms with van der Waals surface area (Å²) in [5.41, 5.74) is 0.900. The molecule has 188 valence electrons. The number of ether oxygens (including phenoxy) is 1. The Morgan fingerprint density at radius 3 is 2.47 bits per heavy atom. The molecule has 1 amide bonds. The average Bonchev–Trinajstić information content (AvgIpc) is 3.60. The molecule has 1 aliphatic rings. The molecule has 0 bridgehead atoms. The molecule has 1 atom stereocenters. The van der Waals surface area contributed by atoms with E-state index in [-0.39, 0.29) is 16.5 Å². The van der Waals surface area contributed by atoms with Crippen LogP contribution in [0.5, 0.6) is 11.5 Å². The Morgan fingerprint density at radius 2 is 1.76 bits per heavy atom. The van der Waals surface area contributed by atoms with Crippen LogP contribution < -0.4 is 9.64 Å². The van der Waals surface area contributed by atoms with Gasteiger partial charge in [-0.2, -0.15) is 0 Å². The van der Waals surface area contributed by atoms with Gasteiger partial charge in [-0.3, -0.25) is 14.5 Å². The van der Waals surface area contributed by atoms with Crippen LogP contribution in [-0.4, -0.2) is 21.8 Å². The molecule has 9 heteroatoms. The number of aryl methyl sites for hydroxylation is 1. The summed E-state index contributed by atoms with van der Waals surface area (Å²) >= 11 is 1.09. The van der Waals surface area contributed by atoms with E-state index in [9.17, 15) is 19.1 Å². The molecule has 0 aliphatic carbocycles. The second kappa shape index (κ2) is 9.28. The molecule has 1 N–H and O–H groups in total. The number of hydrogen-bond donors (Lipinski definition) is 1. The van der Waals surface area contributed by atoms with E-state index in [1.807, 2.05) is 30.3 Å². The van der Waals surface area contributed by atoms with Crippen molar-refractivity contribution in [2.24, 2.45) is 0 Å². The van der Waals surface area contributed by atoms with E-state index in [1.54, 1.807) is 37.3 Å². The van der Waals surface area contributed by atoms with Gasteiger partial charge in [0.05, 0.1) is 21.8 Å². The summed E-state index contributed by atoms with van der Waals surface area (Å²) in [6.07, 6.45) is 0. The Bertz CT molecular complexity index is 1720. The third kappa shape index (κ3) is 4.12. The maximum atomic E-state index is 13.8. The molecule has 0 fully saturated rings. The van der Waals surface area contributed by atoms with E-state index in [4.69, 9.17) is 9.15 Å². The van der Waals surface area contributed by atoms with Crippen LogP contribution in [0.3, 0.4) is 0 Å². The fourth-order valence-corrected chi connectivity index (χ4v) is 5.39. The summed E-state index contributed by atoms with van der Waals surface area (Å²) in [6.45, 7) is 1.69. The number of hydrogen-bond acceptors (Lipinski definition) is 7. The van der Waals surface area contributed by atoms with E-state index in [2.05, 4.69) is 4.98 Å². The zero-order valence-corrected chi connectivity index (χ0v) is 20.7. The van der Waals surface area contributed by atoms with Crippen molar-refractivity contribution in [3.8, 4) is 11.5 Å².